The Kier molecular flexibility index (Phi) is 3.77. The summed E-state index contributed by atoms with van der Waals surface area (Å²) < 4.78 is 6.35. The van der Waals surface area contributed by atoms with Crippen LogP contribution in [-0.4, -0.2) is 22.7 Å². The van der Waals surface area contributed by atoms with E-state index in [1.807, 2.05) is 11.4 Å². The second-order valence-electron chi connectivity index (χ2n) is 4.47. The molecule has 0 aromatic carbocycles. The van der Waals surface area contributed by atoms with Crippen LogP contribution in [0.5, 0.6) is 0 Å². The molecule has 0 saturated carbocycles. The van der Waals surface area contributed by atoms with E-state index in [2.05, 4.69) is 31.4 Å². The van der Waals surface area contributed by atoms with Crippen molar-refractivity contribution >= 4 is 27.3 Å². The number of hydrogen-bond acceptors (Lipinski definition) is 5. The molecule has 0 radical (unpaired) electrons. The maximum Gasteiger partial charge on any atom is 0.227 e. The number of aryl methyl sites for hydroxylation is 1. The molecule has 6 heteroatoms. The molecule has 1 aliphatic heterocycles. The number of thiophene rings is 1. The Balaban J connectivity index is 1.62. The molecule has 2 aromatic rings. The fourth-order valence-corrected chi connectivity index (χ4v) is 3.54. The maximum absolute atomic E-state index is 5.29. The number of rotatable bonds is 4. The van der Waals surface area contributed by atoms with Gasteiger partial charge in [0, 0.05) is 22.3 Å². The van der Waals surface area contributed by atoms with Crippen LogP contribution >= 0.6 is 27.3 Å². The first-order chi connectivity index (χ1) is 8.81. The lowest BCUT2D eigenvalue weighted by atomic mass is 10.1. The van der Waals surface area contributed by atoms with Crippen molar-refractivity contribution in [2.45, 2.75) is 31.7 Å². The standard InChI is InChI=1S/C12H14BrN3OS/c13-8-6-10(18-7-8)12-15-11(17-16-12)4-3-9-2-1-5-14-9/h6-7,9,14H,1-5H2. The Morgan fingerprint density at radius 1 is 1.56 bits per heavy atom. The van der Waals surface area contributed by atoms with Gasteiger partial charge < -0.3 is 9.84 Å². The first kappa shape index (κ1) is 12.3. The van der Waals surface area contributed by atoms with Crippen molar-refractivity contribution in [2.24, 2.45) is 0 Å². The lowest BCUT2D eigenvalue weighted by molar-refractivity contribution is 0.369. The molecule has 1 unspecified atom stereocenters. The van der Waals surface area contributed by atoms with E-state index in [0.717, 1.165) is 34.6 Å². The molecule has 1 aliphatic rings. The second kappa shape index (κ2) is 5.50. The van der Waals surface area contributed by atoms with Crippen LogP contribution in [0, 0.1) is 0 Å². The van der Waals surface area contributed by atoms with E-state index in [9.17, 15) is 0 Å². The molecule has 1 atom stereocenters. The fourth-order valence-electron chi connectivity index (χ4n) is 2.19. The number of aromatic nitrogens is 2. The first-order valence-electron chi connectivity index (χ1n) is 6.11. The summed E-state index contributed by atoms with van der Waals surface area (Å²) in [5, 5.41) is 9.52. The van der Waals surface area contributed by atoms with Crippen molar-refractivity contribution in [3.05, 3.63) is 21.8 Å². The van der Waals surface area contributed by atoms with E-state index in [4.69, 9.17) is 4.52 Å². The molecule has 3 rings (SSSR count). The Morgan fingerprint density at radius 3 is 3.22 bits per heavy atom. The molecule has 18 heavy (non-hydrogen) atoms. The molecule has 1 fully saturated rings. The molecule has 96 valence electrons. The highest BCUT2D eigenvalue weighted by atomic mass is 79.9. The van der Waals surface area contributed by atoms with Gasteiger partial charge in [-0.05, 0) is 47.8 Å². The zero-order valence-corrected chi connectivity index (χ0v) is 12.3. The van der Waals surface area contributed by atoms with Gasteiger partial charge in [-0.1, -0.05) is 5.16 Å². The number of halogens is 1. The third-order valence-electron chi connectivity index (χ3n) is 3.12. The van der Waals surface area contributed by atoms with Gasteiger partial charge in [0.2, 0.25) is 11.7 Å². The number of nitrogens with zero attached hydrogens (tertiary/aromatic N) is 2. The van der Waals surface area contributed by atoms with Crippen LogP contribution in [0.2, 0.25) is 0 Å². The topological polar surface area (TPSA) is 51.0 Å². The predicted molar refractivity (Wildman–Crippen MR) is 74.7 cm³/mol. The van der Waals surface area contributed by atoms with Crippen molar-refractivity contribution in [3.8, 4) is 10.7 Å². The van der Waals surface area contributed by atoms with Crippen molar-refractivity contribution in [2.75, 3.05) is 6.54 Å². The molecular formula is C12H14BrN3OS. The predicted octanol–water partition coefficient (Wildman–Crippen LogP) is 3.25. The van der Waals surface area contributed by atoms with Gasteiger partial charge in [-0.15, -0.1) is 11.3 Å². The molecule has 1 saturated heterocycles. The Labute approximate surface area is 118 Å². The smallest absolute Gasteiger partial charge is 0.227 e. The highest BCUT2D eigenvalue weighted by molar-refractivity contribution is 9.10. The van der Waals surface area contributed by atoms with E-state index >= 15 is 0 Å². The van der Waals surface area contributed by atoms with Gasteiger partial charge in [-0.2, -0.15) is 4.98 Å². The zero-order valence-electron chi connectivity index (χ0n) is 9.86. The molecule has 3 heterocycles. The summed E-state index contributed by atoms with van der Waals surface area (Å²) in [4.78, 5) is 5.48. The molecule has 2 aromatic heterocycles. The summed E-state index contributed by atoms with van der Waals surface area (Å²) in [5.41, 5.74) is 0. The molecule has 0 amide bonds. The van der Waals surface area contributed by atoms with E-state index in [-0.39, 0.29) is 0 Å². The summed E-state index contributed by atoms with van der Waals surface area (Å²) in [6.07, 6.45) is 4.48. The van der Waals surface area contributed by atoms with Gasteiger partial charge in [0.05, 0.1) is 4.88 Å². The van der Waals surface area contributed by atoms with Crippen LogP contribution in [0.25, 0.3) is 10.7 Å². The zero-order chi connectivity index (χ0) is 12.4. The van der Waals surface area contributed by atoms with Crippen LogP contribution in [0.4, 0.5) is 0 Å². The SMILES string of the molecule is Brc1csc(-c2noc(CCC3CCCN3)n2)c1. The Bertz CT molecular complexity index is 519. The van der Waals surface area contributed by atoms with Gasteiger partial charge in [0.25, 0.3) is 0 Å². The number of nitrogens with one attached hydrogen (secondary N) is 1. The van der Waals surface area contributed by atoms with Crippen molar-refractivity contribution in [1.82, 2.24) is 15.5 Å². The fraction of sp³-hybridized carbons (Fsp3) is 0.500. The molecular weight excluding hydrogens is 314 g/mol. The quantitative estimate of drug-likeness (QED) is 0.936. The maximum atomic E-state index is 5.29. The van der Waals surface area contributed by atoms with E-state index in [0.29, 0.717) is 11.9 Å². The Hall–Kier alpha value is -0.720. The summed E-state index contributed by atoms with van der Waals surface area (Å²) in [5.74, 6) is 1.43. The highest BCUT2D eigenvalue weighted by Gasteiger charge is 2.16. The van der Waals surface area contributed by atoms with Crippen molar-refractivity contribution in [1.29, 1.82) is 0 Å². The minimum Gasteiger partial charge on any atom is -0.339 e. The molecule has 4 nitrogen and oxygen atoms in total. The molecule has 0 bridgehead atoms. The first-order valence-corrected chi connectivity index (χ1v) is 7.79. The van der Waals surface area contributed by atoms with Gasteiger partial charge >= 0.3 is 0 Å². The van der Waals surface area contributed by atoms with Gasteiger partial charge in [-0.25, -0.2) is 0 Å². The van der Waals surface area contributed by atoms with Crippen molar-refractivity contribution < 1.29 is 4.52 Å². The normalized spacial score (nSPS) is 19.5. The minimum atomic E-state index is 0.622. The third kappa shape index (κ3) is 2.81. The summed E-state index contributed by atoms with van der Waals surface area (Å²) in [6.45, 7) is 1.14. The molecule has 1 N–H and O–H groups in total. The van der Waals surface area contributed by atoms with Gasteiger partial charge in [0.1, 0.15) is 0 Å². The average molecular weight is 328 g/mol. The van der Waals surface area contributed by atoms with Gasteiger partial charge in [-0.3, -0.25) is 0 Å². The van der Waals surface area contributed by atoms with E-state index in [1.165, 1.54) is 12.8 Å². The monoisotopic (exact) mass is 327 g/mol. The molecule has 0 aliphatic carbocycles. The van der Waals surface area contributed by atoms with Crippen LogP contribution in [0.1, 0.15) is 25.2 Å². The lowest BCUT2D eigenvalue weighted by Gasteiger charge is -2.06. The van der Waals surface area contributed by atoms with Crippen LogP contribution in [-0.2, 0) is 6.42 Å². The summed E-state index contributed by atoms with van der Waals surface area (Å²) in [6, 6.07) is 2.63. The van der Waals surface area contributed by atoms with Crippen LogP contribution < -0.4 is 5.32 Å². The largest absolute Gasteiger partial charge is 0.339 e. The molecule has 0 spiro atoms. The van der Waals surface area contributed by atoms with E-state index in [1.54, 1.807) is 11.3 Å². The third-order valence-corrected chi connectivity index (χ3v) is 4.81. The average Bonchev–Trinajstić information content (AvgIpc) is 3.07. The van der Waals surface area contributed by atoms with Crippen LogP contribution in [0.3, 0.4) is 0 Å². The number of hydrogen-bond donors (Lipinski definition) is 1. The van der Waals surface area contributed by atoms with Crippen LogP contribution in [0.15, 0.2) is 20.4 Å². The summed E-state index contributed by atoms with van der Waals surface area (Å²) in [7, 11) is 0. The lowest BCUT2D eigenvalue weighted by Crippen LogP contribution is -2.21. The van der Waals surface area contributed by atoms with E-state index < -0.39 is 0 Å². The highest BCUT2D eigenvalue weighted by Crippen LogP contribution is 2.27. The van der Waals surface area contributed by atoms with Crippen molar-refractivity contribution in [3.63, 3.8) is 0 Å². The summed E-state index contributed by atoms with van der Waals surface area (Å²) >= 11 is 5.04. The van der Waals surface area contributed by atoms with Gasteiger partial charge in [0.15, 0.2) is 0 Å². The second-order valence-corrected chi connectivity index (χ2v) is 6.30. The minimum absolute atomic E-state index is 0.622. The Morgan fingerprint density at radius 2 is 2.50 bits per heavy atom.